The highest BCUT2D eigenvalue weighted by Gasteiger charge is 2.33. The van der Waals surface area contributed by atoms with Crippen LogP contribution in [-0.2, 0) is 11.4 Å². The monoisotopic (exact) mass is 287 g/mol. The molecule has 0 aliphatic heterocycles. The van der Waals surface area contributed by atoms with Gasteiger partial charge < -0.3 is 10.2 Å². The molecule has 1 aliphatic carbocycles. The van der Waals surface area contributed by atoms with Crippen molar-refractivity contribution in [2.75, 3.05) is 0 Å². The average Bonchev–Trinajstić information content (AvgIpc) is 2.37. The molecule has 21 heavy (non-hydrogen) atoms. The van der Waals surface area contributed by atoms with Gasteiger partial charge in [-0.15, -0.1) is 0 Å². The summed E-state index contributed by atoms with van der Waals surface area (Å²) in [7, 11) is 0. The van der Waals surface area contributed by atoms with Gasteiger partial charge in [0.05, 0.1) is 23.6 Å². The molecule has 2 N–H and O–H groups in total. The summed E-state index contributed by atoms with van der Waals surface area (Å²) in [5.74, 6) is 0.0708. The van der Waals surface area contributed by atoms with Crippen LogP contribution in [0.3, 0.4) is 0 Å². The molecule has 0 saturated carbocycles. The fraction of sp³-hybridized carbons (Fsp3) is 0.412. The SMILES string of the molecule is CC(=Nc1ccc(CO)cc1)C1=C(O)CC(C)(C)CC1=O. The molecule has 0 aromatic heterocycles. The minimum atomic E-state index is -0.201. The molecule has 0 atom stereocenters. The summed E-state index contributed by atoms with van der Waals surface area (Å²) >= 11 is 0. The van der Waals surface area contributed by atoms with Crippen LogP contribution < -0.4 is 0 Å². The molecular formula is C17H21NO3. The Morgan fingerprint density at radius 3 is 2.38 bits per heavy atom. The van der Waals surface area contributed by atoms with Gasteiger partial charge in [-0.3, -0.25) is 9.79 Å². The van der Waals surface area contributed by atoms with Crippen molar-refractivity contribution >= 4 is 17.2 Å². The number of hydrogen-bond acceptors (Lipinski definition) is 4. The van der Waals surface area contributed by atoms with Crippen LogP contribution in [0.15, 0.2) is 40.6 Å². The van der Waals surface area contributed by atoms with Crippen molar-refractivity contribution in [1.29, 1.82) is 0 Å². The van der Waals surface area contributed by atoms with Gasteiger partial charge in [0.1, 0.15) is 5.76 Å². The summed E-state index contributed by atoms with van der Waals surface area (Å²) in [5.41, 5.74) is 2.19. The van der Waals surface area contributed by atoms with Crippen molar-refractivity contribution in [1.82, 2.24) is 0 Å². The molecule has 112 valence electrons. The summed E-state index contributed by atoms with van der Waals surface area (Å²) in [4.78, 5) is 16.6. The van der Waals surface area contributed by atoms with E-state index in [4.69, 9.17) is 5.11 Å². The highest BCUT2D eigenvalue weighted by Crippen LogP contribution is 2.36. The third-order valence-electron chi connectivity index (χ3n) is 3.63. The Labute approximate surface area is 124 Å². The number of hydrogen-bond donors (Lipinski definition) is 2. The number of aliphatic imine (C=N–C) groups is 1. The van der Waals surface area contributed by atoms with Crippen LogP contribution >= 0.6 is 0 Å². The fourth-order valence-corrected chi connectivity index (χ4v) is 2.62. The highest BCUT2D eigenvalue weighted by atomic mass is 16.3. The van der Waals surface area contributed by atoms with Gasteiger partial charge in [0.2, 0.25) is 0 Å². The second-order valence-electron chi connectivity index (χ2n) is 6.28. The van der Waals surface area contributed by atoms with Gasteiger partial charge in [0.15, 0.2) is 5.78 Å². The lowest BCUT2D eigenvalue weighted by Gasteiger charge is -2.29. The van der Waals surface area contributed by atoms with Gasteiger partial charge in [0.25, 0.3) is 0 Å². The number of aliphatic hydroxyl groups excluding tert-OH is 2. The number of carbonyl (C=O) groups is 1. The summed E-state index contributed by atoms with van der Waals surface area (Å²) in [6, 6.07) is 7.13. The molecule has 0 spiro atoms. The summed E-state index contributed by atoms with van der Waals surface area (Å²) in [6.07, 6.45) is 0.910. The van der Waals surface area contributed by atoms with E-state index in [1.165, 1.54) is 0 Å². The van der Waals surface area contributed by atoms with Gasteiger partial charge in [-0.25, -0.2) is 0 Å². The first-order valence-electron chi connectivity index (χ1n) is 7.03. The van der Waals surface area contributed by atoms with Crippen molar-refractivity contribution in [2.24, 2.45) is 10.4 Å². The molecule has 1 aromatic carbocycles. The molecule has 0 radical (unpaired) electrons. The van der Waals surface area contributed by atoms with Gasteiger partial charge >= 0.3 is 0 Å². The number of benzene rings is 1. The third kappa shape index (κ3) is 3.58. The van der Waals surface area contributed by atoms with E-state index in [2.05, 4.69) is 4.99 Å². The Bertz CT molecular complexity index is 609. The van der Waals surface area contributed by atoms with E-state index in [1.807, 2.05) is 13.8 Å². The number of allylic oxidation sites excluding steroid dienone is 2. The lowest BCUT2D eigenvalue weighted by molar-refractivity contribution is -0.117. The normalized spacial score (nSPS) is 19.0. The summed E-state index contributed by atoms with van der Waals surface area (Å²) < 4.78 is 0. The van der Waals surface area contributed by atoms with Crippen LogP contribution in [0, 0.1) is 5.41 Å². The Balaban J connectivity index is 2.31. The molecule has 1 aliphatic rings. The van der Waals surface area contributed by atoms with Crippen molar-refractivity contribution in [3.8, 4) is 0 Å². The Morgan fingerprint density at radius 2 is 1.86 bits per heavy atom. The van der Waals surface area contributed by atoms with Crippen molar-refractivity contribution in [2.45, 2.75) is 40.2 Å². The molecule has 0 saturated heterocycles. The van der Waals surface area contributed by atoms with Gasteiger partial charge in [-0.1, -0.05) is 26.0 Å². The fourth-order valence-electron chi connectivity index (χ4n) is 2.62. The second kappa shape index (κ2) is 5.82. The largest absolute Gasteiger partial charge is 0.511 e. The predicted molar refractivity (Wildman–Crippen MR) is 82.8 cm³/mol. The first kappa shape index (κ1) is 15.4. The van der Waals surface area contributed by atoms with E-state index in [1.54, 1.807) is 31.2 Å². The number of carbonyl (C=O) groups excluding carboxylic acids is 1. The Kier molecular flexibility index (Phi) is 4.28. The molecule has 0 fully saturated rings. The number of aliphatic hydroxyl groups is 2. The molecule has 0 heterocycles. The Morgan fingerprint density at radius 1 is 1.24 bits per heavy atom. The molecule has 1 aromatic rings. The van der Waals surface area contributed by atoms with Crippen LogP contribution in [0.2, 0.25) is 0 Å². The number of nitrogens with zero attached hydrogens (tertiary/aromatic N) is 1. The minimum absolute atomic E-state index is 0.0114. The molecule has 0 amide bonds. The zero-order valence-electron chi connectivity index (χ0n) is 12.7. The molecule has 0 bridgehead atoms. The van der Waals surface area contributed by atoms with Crippen LogP contribution in [0.4, 0.5) is 5.69 Å². The quantitative estimate of drug-likeness (QED) is 0.836. The van der Waals surface area contributed by atoms with Crippen LogP contribution in [0.5, 0.6) is 0 Å². The summed E-state index contributed by atoms with van der Waals surface area (Å²) in [5, 5.41) is 19.2. The first-order valence-corrected chi connectivity index (χ1v) is 7.03. The standard InChI is InChI=1S/C17H21NO3/c1-11(18-13-6-4-12(10-19)5-7-13)16-14(20)8-17(2,3)9-15(16)21/h4-7,19-20H,8-10H2,1-3H3. The van der Waals surface area contributed by atoms with Gasteiger partial charge in [0, 0.05) is 12.8 Å². The molecular weight excluding hydrogens is 266 g/mol. The summed E-state index contributed by atoms with van der Waals surface area (Å²) in [6.45, 7) is 5.67. The molecule has 2 rings (SSSR count). The number of rotatable bonds is 3. The van der Waals surface area contributed by atoms with Crippen molar-refractivity contribution in [3.63, 3.8) is 0 Å². The van der Waals surface area contributed by atoms with E-state index in [0.29, 0.717) is 29.8 Å². The molecule has 4 nitrogen and oxygen atoms in total. The van der Waals surface area contributed by atoms with Crippen LogP contribution in [0.1, 0.15) is 39.2 Å². The maximum absolute atomic E-state index is 12.2. The number of ketones is 1. The zero-order valence-corrected chi connectivity index (χ0v) is 12.7. The van der Waals surface area contributed by atoms with Crippen molar-refractivity contribution < 1.29 is 15.0 Å². The lowest BCUT2D eigenvalue weighted by atomic mass is 9.76. The van der Waals surface area contributed by atoms with E-state index >= 15 is 0 Å². The van der Waals surface area contributed by atoms with Crippen molar-refractivity contribution in [3.05, 3.63) is 41.2 Å². The Hall–Kier alpha value is -1.94. The van der Waals surface area contributed by atoms with Crippen LogP contribution in [-0.4, -0.2) is 21.7 Å². The zero-order chi connectivity index (χ0) is 15.6. The average molecular weight is 287 g/mol. The van der Waals surface area contributed by atoms with E-state index in [0.717, 1.165) is 5.56 Å². The highest BCUT2D eigenvalue weighted by molar-refractivity contribution is 6.23. The predicted octanol–water partition coefficient (Wildman–Crippen LogP) is 3.47. The van der Waals surface area contributed by atoms with Gasteiger partial charge in [-0.05, 0) is 30.0 Å². The van der Waals surface area contributed by atoms with E-state index in [9.17, 15) is 9.90 Å². The lowest BCUT2D eigenvalue weighted by Crippen LogP contribution is -2.28. The third-order valence-corrected chi connectivity index (χ3v) is 3.63. The van der Waals surface area contributed by atoms with Crippen LogP contribution in [0.25, 0.3) is 0 Å². The maximum atomic E-state index is 12.2. The topological polar surface area (TPSA) is 69.9 Å². The number of Topliss-reactive ketones (excluding diaryl/α,β-unsaturated/α-hetero) is 1. The molecule has 4 heteroatoms. The first-order chi connectivity index (χ1) is 9.82. The second-order valence-corrected chi connectivity index (χ2v) is 6.28. The van der Waals surface area contributed by atoms with E-state index < -0.39 is 0 Å². The minimum Gasteiger partial charge on any atom is -0.511 e. The molecule has 0 unspecified atom stereocenters. The smallest absolute Gasteiger partial charge is 0.168 e. The van der Waals surface area contributed by atoms with E-state index in [-0.39, 0.29) is 23.6 Å². The van der Waals surface area contributed by atoms with Gasteiger partial charge in [-0.2, -0.15) is 0 Å². The maximum Gasteiger partial charge on any atom is 0.168 e.